The maximum atomic E-state index is 12.6. The van der Waals surface area contributed by atoms with E-state index in [4.69, 9.17) is 25.8 Å². The second-order valence-corrected chi connectivity index (χ2v) is 7.84. The first-order valence-electron chi connectivity index (χ1n) is 8.98. The van der Waals surface area contributed by atoms with Crippen LogP contribution in [0.2, 0.25) is 5.02 Å². The highest BCUT2D eigenvalue weighted by molar-refractivity contribution is 8.18. The Hall–Kier alpha value is -2.23. The van der Waals surface area contributed by atoms with E-state index >= 15 is 0 Å². The third-order valence-electron chi connectivity index (χ3n) is 4.52. The summed E-state index contributed by atoms with van der Waals surface area (Å²) in [6.45, 7) is 0.717. The van der Waals surface area contributed by atoms with Gasteiger partial charge in [-0.1, -0.05) is 11.6 Å². The number of ether oxygens (including phenoxy) is 3. The molecule has 1 atom stereocenters. The number of imide groups is 1. The normalized spacial score (nSPS) is 20.4. The SMILES string of the molecule is COc1cc(OC)c(/C=C2\SC(=O)N(CC(=O)NC[C@@H]3CCCO3)C2=O)cc1Cl. The number of nitrogens with zero attached hydrogens (tertiary/aromatic N) is 1. The van der Waals surface area contributed by atoms with Crippen LogP contribution < -0.4 is 14.8 Å². The van der Waals surface area contributed by atoms with Crippen molar-refractivity contribution in [1.82, 2.24) is 10.2 Å². The molecular weight excluding hydrogens is 420 g/mol. The Labute approximate surface area is 177 Å². The van der Waals surface area contributed by atoms with Gasteiger partial charge in [0.05, 0.1) is 30.3 Å². The molecule has 156 valence electrons. The summed E-state index contributed by atoms with van der Waals surface area (Å²) in [5.41, 5.74) is 0.520. The van der Waals surface area contributed by atoms with Crippen molar-refractivity contribution in [1.29, 1.82) is 0 Å². The number of nitrogens with one attached hydrogen (secondary N) is 1. The third-order valence-corrected chi connectivity index (χ3v) is 5.72. The first-order chi connectivity index (χ1) is 13.9. The highest BCUT2D eigenvalue weighted by Crippen LogP contribution is 2.37. The van der Waals surface area contributed by atoms with E-state index in [1.807, 2.05) is 0 Å². The van der Waals surface area contributed by atoms with Gasteiger partial charge in [-0.05, 0) is 36.7 Å². The summed E-state index contributed by atoms with van der Waals surface area (Å²) >= 11 is 6.91. The van der Waals surface area contributed by atoms with Crippen molar-refractivity contribution in [2.45, 2.75) is 18.9 Å². The third kappa shape index (κ3) is 5.04. The average molecular weight is 441 g/mol. The molecule has 0 radical (unpaired) electrons. The molecule has 2 aliphatic rings. The first kappa shape index (κ1) is 21.5. The van der Waals surface area contributed by atoms with Crippen molar-refractivity contribution in [2.24, 2.45) is 0 Å². The Morgan fingerprint density at radius 2 is 2.10 bits per heavy atom. The van der Waals surface area contributed by atoms with E-state index in [9.17, 15) is 14.4 Å². The van der Waals surface area contributed by atoms with E-state index in [0.29, 0.717) is 35.2 Å². The van der Waals surface area contributed by atoms with Crippen LogP contribution in [0.15, 0.2) is 17.0 Å². The Balaban J connectivity index is 1.69. The van der Waals surface area contributed by atoms with Crippen LogP contribution in [0.1, 0.15) is 18.4 Å². The van der Waals surface area contributed by atoms with Crippen LogP contribution in [0.4, 0.5) is 4.79 Å². The van der Waals surface area contributed by atoms with Gasteiger partial charge in [0.1, 0.15) is 18.0 Å². The van der Waals surface area contributed by atoms with Crippen molar-refractivity contribution in [2.75, 3.05) is 33.9 Å². The molecule has 0 saturated carbocycles. The van der Waals surface area contributed by atoms with E-state index in [1.54, 1.807) is 12.1 Å². The van der Waals surface area contributed by atoms with Gasteiger partial charge >= 0.3 is 0 Å². The molecular formula is C19H21ClN2O6S. The minimum Gasteiger partial charge on any atom is -0.496 e. The van der Waals surface area contributed by atoms with Crippen LogP contribution in [0.25, 0.3) is 6.08 Å². The molecule has 0 aromatic heterocycles. The fourth-order valence-corrected chi connectivity index (χ4v) is 4.08. The summed E-state index contributed by atoms with van der Waals surface area (Å²) in [6.07, 6.45) is 3.35. The topological polar surface area (TPSA) is 94.2 Å². The molecule has 3 rings (SSSR count). The monoisotopic (exact) mass is 440 g/mol. The number of halogens is 1. The Morgan fingerprint density at radius 3 is 2.76 bits per heavy atom. The van der Waals surface area contributed by atoms with Crippen LogP contribution in [-0.2, 0) is 14.3 Å². The van der Waals surface area contributed by atoms with Crippen molar-refractivity contribution in [3.05, 3.63) is 27.6 Å². The minimum absolute atomic E-state index is 0.0129. The number of methoxy groups -OCH3 is 2. The number of amides is 3. The number of carbonyl (C=O) groups excluding carboxylic acids is 3. The quantitative estimate of drug-likeness (QED) is 0.651. The van der Waals surface area contributed by atoms with Gasteiger partial charge in [-0.3, -0.25) is 19.3 Å². The molecule has 0 aliphatic carbocycles. The van der Waals surface area contributed by atoms with E-state index in [2.05, 4.69) is 5.32 Å². The van der Waals surface area contributed by atoms with Crippen molar-refractivity contribution >= 4 is 46.5 Å². The summed E-state index contributed by atoms with van der Waals surface area (Å²) in [6, 6.07) is 3.18. The maximum absolute atomic E-state index is 12.6. The van der Waals surface area contributed by atoms with Crippen LogP contribution in [0.5, 0.6) is 11.5 Å². The molecule has 1 aromatic rings. The lowest BCUT2D eigenvalue weighted by Gasteiger charge is -2.14. The second-order valence-electron chi connectivity index (χ2n) is 6.44. The van der Waals surface area contributed by atoms with Crippen molar-refractivity contribution in [3.63, 3.8) is 0 Å². The predicted molar refractivity (Wildman–Crippen MR) is 109 cm³/mol. The highest BCUT2D eigenvalue weighted by Gasteiger charge is 2.36. The Kier molecular flexibility index (Phi) is 7.05. The fourth-order valence-electron chi connectivity index (χ4n) is 3.01. The Morgan fingerprint density at radius 1 is 1.34 bits per heavy atom. The molecule has 8 nitrogen and oxygen atoms in total. The summed E-state index contributed by atoms with van der Waals surface area (Å²) in [4.78, 5) is 38.1. The molecule has 29 heavy (non-hydrogen) atoms. The Bertz CT molecular complexity index is 853. The number of rotatable bonds is 7. The average Bonchev–Trinajstić information content (AvgIpc) is 3.31. The van der Waals surface area contributed by atoms with E-state index in [0.717, 1.165) is 29.5 Å². The van der Waals surface area contributed by atoms with Gasteiger partial charge in [0.15, 0.2) is 0 Å². The zero-order valence-corrected chi connectivity index (χ0v) is 17.6. The molecule has 10 heteroatoms. The molecule has 1 aromatic carbocycles. The zero-order valence-electron chi connectivity index (χ0n) is 16.0. The number of carbonyl (C=O) groups is 3. The summed E-state index contributed by atoms with van der Waals surface area (Å²) in [5, 5.41) is 2.54. The van der Waals surface area contributed by atoms with Gasteiger partial charge in [0.25, 0.3) is 11.1 Å². The van der Waals surface area contributed by atoms with Crippen molar-refractivity contribution in [3.8, 4) is 11.5 Å². The van der Waals surface area contributed by atoms with E-state index in [1.165, 1.54) is 20.3 Å². The van der Waals surface area contributed by atoms with Gasteiger partial charge in [-0.2, -0.15) is 0 Å². The van der Waals surface area contributed by atoms with Crippen LogP contribution in [-0.4, -0.2) is 62.0 Å². The van der Waals surface area contributed by atoms with Gasteiger partial charge in [-0.25, -0.2) is 0 Å². The fraction of sp³-hybridized carbons (Fsp3) is 0.421. The number of hydrogen-bond donors (Lipinski definition) is 1. The van der Waals surface area contributed by atoms with E-state index in [-0.39, 0.29) is 17.6 Å². The molecule has 0 spiro atoms. The van der Waals surface area contributed by atoms with E-state index < -0.39 is 17.1 Å². The molecule has 2 saturated heterocycles. The smallest absolute Gasteiger partial charge is 0.294 e. The predicted octanol–water partition coefficient (Wildman–Crippen LogP) is 2.69. The van der Waals surface area contributed by atoms with Crippen molar-refractivity contribution < 1.29 is 28.6 Å². The number of benzene rings is 1. The van der Waals surface area contributed by atoms with Crippen LogP contribution in [0, 0.1) is 0 Å². The molecule has 2 aliphatic heterocycles. The van der Waals surface area contributed by atoms with Gasteiger partial charge in [0, 0.05) is 24.8 Å². The van der Waals surface area contributed by atoms with Crippen LogP contribution >= 0.6 is 23.4 Å². The highest BCUT2D eigenvalue weighted by atomic mass is 35.5. The lowest BCUT2D eigenvalue weighted by atomic mass is 10.1. The first-order valence-corrected chi connectivity index (χ1v) is 10.2. The molecule has 2 heterocycles. The van der Waals surface area contributed by atoms with Gasteiger partial charge < -0.3 is 19.5 Å². The minimum atomic E-state index is -0.541. The molecule has 0 bridgehead atoms. The summed E-state index contributed by atoms with van der Waals surface area (Å²) in [5.74, 6) is -0.0839. The summed E-state index contributed by atoms with van der Waals surface area (Å²) in [7, 11) is 2.96. The van der Waals surface area contributed by atoms with Crippen LogP contribution in [0.3, 0.4) is 0 Å². The standard InChI is InChI=1S/C19H21ClN2O6S/c1-26-14-8-15(27-2)13(20)6-11(14)7-16-18(24)22(19(25)29-16)10-17(23)21-9-12-4-3-5-28-12/h6-8,12H,3-5,9-10H2,1-2H3,(H,21,23)/b16-7-/t12-/m0/s1. The summed E-state index contributed by atoms with van der Waals surface area (Å²) < 4.78 is 15.9. The molecule has 2 fully saturated rings. The lowest BCUT2D eigenvalue weighted by Crippen LogP contribution is -2.41. The largest absolute Gasteiger partial charge is 0.496 e. The van der Waals surface area contributed by atoms with Gasteiger partial charge in [-0.15, -0.1) is 0 Å². The molecule has 0 unspecified atom stereocenters. The maximum Gasteiger partial charge on any atom is 0.294 e. The molecule has 1 N–H and O–H groups in total. The number of thioether (sulfide) groups is 1. The second kappa shape index (κ2) is 9.51. The van der Waals surface area contributed by atoms with Gasteiger partial charge in [0.2, 0.25) is 5.91 Å². The molecule has 3 amide bonds. The lowest BCUT2D eigenvalue weighted by molar-refractivity contribution is -0.129. The number of hydrogen-bond acceptors (Lipinski definition) is 7. The zero-order chi connectivity index (χ0) is 21.0.